The van der Waals surface area contributed by atoms with Crippen molar-refractivity contribution >= 4 is 54.6 Å². The van der Waals surface area contributed by atoms with Crippen LogP contribution in [0.5, 0.6) is 11.8 Å². The molecule has 0 unspecified atom stereocenters. The number of halogens is 4. The Labute approximate surface area is 625 Å². The van der Waals surface area contributed by atoms with E-state index >= 15 is 0 Å². The van der Waals surface area contributed by atoms with Crippen molar-refractivity contribution in [1.29, 1.82) is 0 Å². The molecular weight excluding hydrogens is 1340 g/mol. The quantitative estimate of drug-likeness (QED) is 0.0299. The first kappa shape index (κ1) is 84.3. The first-order valence-electron chi connectivity index (χ1n) is 31.3. The second-order valence-corrected chi connectivity index (χ2v) is 27.7. The molecule has 2 aliphatic heterocycles. The van der Waals surface area contributed by atoms with E-state index in [1.54, 1.807) is 128 Å². The number of nitrogens with two attached hydrogens (primary N) is 1. The minimum Gasteiger partial charge on any atom is -1.00 e. The Kier molecular flexibility index (Phi) is 30.6. The first-order valence-corrected chi connectivity index (χ1v) is 34.3. The molecule has 2 amide bonds. The molecular formula is C74H93F4KN8O10S2. The van der Waals surface area contributed by atoms with E-state index in [1.807, 2.05) is 34.6 Å². The van der Waals surface area contributed by atoms with Gasteiger partial charge < -0.3 is 42.0 Å². The zero-order chi connectivity index (χ0) is 70.8. The first-order chi connectivity index (χ1) is 45.2. The Balaban J connectivity index is 0.000000394. The van der Waals surface area contributed by atoms with Gasteiger partial charge in [-0.2, -0.15) is 0 Å². The molecule has 0 aliphatic carbocycles. The van der Waals surface area contributed by atoms with Crippen LogP contribution in [0.15, 0.2) is 156 Å². The minimum atomic E-state index is -4.06. The predicted octanol–water partition coefficient (Wildman–Crippen LogP) is 11.3. The molecule has 99 heavy (non-hydrogen) atoms. The number of nitrogens with zero attached hydrogens (tertiary/aromatic N) is 4. The Morgan fingerprint density at radius 2 is 0.879 bits per heavy atom. The van der Waals surface area contributed by atoms with Gasteiger partial charge in [-0.05, 0) is 207 Å². The normalized spacial score (nSPS) is 16.1. The van der Waals surface area contributed by atoms with Crippen LogP contribution in [0.1, 0.15) is 156 Å². The van der Waals surface area contributed by atoms with Crippen LogP contribution in [0.3, 0.4) is 0 Å². The summed E-state index contributed by atoms with van der Waals surface area (Å²) < 4.78 is 125. The van der Waals surface area contributed by atoms with Gasteiger partial charge in [-0.15, -0.1) is 0 Å². The fourth-order valence-corrected chi connectivity index (χ4v) is 13.0. The molecule has 0 radical (unpaired) electrons. The fraction of sp³-hybridized carbons (Fsp3) is 0.351. The number of hydrogen-bond donors (Lipinski definition) is 6. The van der Waals surface area contributed by atoms with Crippen LogP contribution in [0, 0.1) is 51.0 Å². The van der Waals surface area contributed by atoms with Crippen LogP contribution in [0.25, 0.3) is 0 Å². The number of nitrogen functional groups attached to an aromatic ring is 1. The maximum atomic E-state index is 14.6. The Morgan fingerprint density at radius 3 is 1.21 bits per heavy atom. The summed E-state index contributed by atoms with van der Waals surface area (Å²) in [6, 6.07) is 32.2. The van der Waals surface area contributed by atoms with E-state index in [-0.39, 0.29) is 153 Å². The Hall–Kier alpha value is -7.14. The molecule has 10 rings (SSSR count). The molecule has 0 bridgehead atoms. The molecule has 25 heteroatoms. The number of aryl methyl sites for hydroxylation is 6. The number of aliphatic hydroxyl groups is 2. The maximum absolute atomic E-state index is 14.6. The predicted molar refractivity (Wildman–Crippen MR) is 380 cm³/mol. The zero-order valence-corrected chi connectivity index (χ0v) is 61.8. The topological polar surface area (TPSA) is 256 Å². The van der Waals surface area contributed by atoms with Gasteiger partial charge in [-0.1, -0.05) is 77.2 Å². The van der Waals surface area contributed by atoms with Crippen LogP contribution in [-0.2, 0) is 32.9 Å². The average Bonchev–Trinajstić information content (AvgIpc) is 0.758. The summed E-state index contributed by atoms with van der Waals surface area (Å²) in [5.74, 6) is -2.48. The maximum Gasteiger partial charge on any atom is 1.00 e. The number of nitrogens with one attached hydrogen (secondary N) is 3. The van der Waals surface area contributed by atoms with Crippen molar-refractivity contribution < 1.29 is 116 Å². The molecule has 530 valence electrons. The van der Waals surface area contributed by atoms with Gasteiger partial charge in [-0.25, -0.2) is 53.8 Å². The molecule has 6 aromatic carbocycles. The van der Waals surface area contributed by atoms with Crippen LogP contribution >= 0.6 is 0 Å². The number of aliphatic hydroxyl groups excluding tert-OH is 2. The summed E-state index contributed by atoms with van der Waals surface area (Å²) in [4.78, 5) is 38.2. The number of carbonyl (C=O) groups excluding carboxylic acids is 2. The van der Waals surface area contributed by atoms with Gasteiger partial charge in [0.2, 0.25) is 31.8 Å². The second-order valence-electron chi connectivity index (χ2n) is 24.3. The van der Waals surface area contributed by atoms with Crippen molar-refractivity contribution in [3.8, 4) is 11.8 Å². The van der Waals surface area contributed by atoms with Crippen LogP contribution in [-0.4, -0.2) is 91.9 Å². The van der Waals surface area contributed by atoms with Gasteiger partial charge >= 0.3 is 51.4 Å². The smallest absolute Gasteiger partial charge is 1.00 e. The van der Waals surface area contributed by atoms with Gasteiger partial charge in [0.15, 0.2) is 0 Å². The van der Waals surface area contributed by atoms with Crippen LogP contribution in [0.2, 0.25) is 0 Å². The molecule has 4 atom stereocenters. The third-order valence-corrected chi connectivity index (χ3v) is 19.0. The monoisotopic (exact) mass is 1430 g/mol. The molecule has 2 aromatic heterocycles. The SMILES string of the molecule is C.C.CCNc1cc(C)ccc1F.CCc1ccc(S(=O)(=O)N[C@@H]2c3cc(C(=O)N(CC)c4cc(C)ccc4F)cnc3OC(C)(C)[C@H]2O)cc1.CCc1ccc(S(=O)(=O)N[C@@H]2c3cc(C(=O)N(CC)c4cc(C)ccc4F)cnc3OC(C)(C)[C@H]2O)cc1.Cc1ccc(F)c(N)c1.[H-].[K+]. The van der Waals surface area contributed by atoms with Crippen LogP contribution in [0.4, 0.5) is 40.3 Å². The molecule has 0 saturated carbocycles. The van der Waals surface area contributed by atoms with Crippen molar-refractivity contribution in [2.24, 2.45) is 0 Å². The zero-order valence-electron chi connectivity index (χ0n) is 58.1. The summed E-state index contributed by atoms with van der Waals surface area (Å²) in [7, 11) is -8.11. The molecule has 18 nitrogen and oxygen atoms in total. The van der Waals surface area contributed by atoms with E-state index in [9.17, 15) is 54.2 Å². The summed E-state index contributed by atoms with van der Waals surface area (Å²) >= 11 is 0. The van der Waals surface area contributed by atoms with Crippen molar-refractivity contribution in [3.05, 3.63) is 225 Å². The number of aromatic nitrogens is 2. The summed E-state index contributed by atoms with van der Waals surface area (Å²) in [6.07, 6.45) is 1.53. The van der Waals surface area contributed by atoms with Gasteiger partial charge in [0.05, 0.1) is 55.8 Å². The minimum absolute atomic E-state index is 0. The molecule has 7 N–H and O–H groups in total. The summed E-state index contributed by atoms with van der Waals surface area (Å²) in [5.41, 5.74) is 10.2. The number of hydrogen-bond acceptors (Lipinski definition) is 14. The third-order valence-electron chi connectivity index (χ3n) is 16.1. The molecule has 0 saturated heterocycles. The number of anilines is 4. The number of benzene rings is 6. The van der Waals surface area contributed by atoms with Gasteiger partial charge in [-0.3, -0.25) is 9.59 Å². The molecule has 0 fully saturated rings. The standard InChI is InChI=1S/2C28H32FN3O5S.C9H12FN.C7H8FN.2CH4.K.H/c2*1-6-18-9-11-20(12-10-18)38(35,36)31-24-21-15-19(16-30-26(21)37-28(4,5)25(24)33)27(34)32(7-2)23-14-17(3)8-13-22(23)29;1-3-11-9-6-7(2)4-5-8(9)10;1-5-2-3-6(8)7(9)4-5;;;;/h2*8-16,24-25,31,33H,6-7H2,1-5H3;4-6,11H,3H2,1-2H3;2-4H,9H2,1H3;2*1H4;;/q;;;;;;+1;-1/t2*24-,25+;;;;;;/m11....../s1. The molecule has 2 aliphatic rings. The van der Waals surface area contributed by atoms with Gasteiger partial charge in [0, 0.05) is 43.2 Å². The fourth-order valence-electron chi connectivity index (χ4n) is 10.5. The average molecular weight is 1430 g/mol. The number of sulfonamides is 2. The van der Waals surface area contributed by atoms with E-state index in [1.165, 1.54) is 82.9 Å². The van der Waals surface area contributed by atoms with E-state index in [2.05, 4.69) is 24.7 Å². The number of fused-ring (bicyclic) bond motifs is 2. The molecule has 8 aromatic rings. The van der Waals surface area contributed by atoms with Crippen molar-refractivity contribution in [2.75, 3.05) is 40.5 Å². The second kappa shape index (κ2) is 35.9. The number of ether oxygens (including phenoxy) is 2. The van der Waals surface area contributed by atoms with E-state index < -0.39 is 79.0 Å². The van der Waals surface area contributed by atoms with Crippen molar-refractivity contribution in [3.63, 3.8) is 0 Å². The van der Waals surface area contributed by atoms with Crippen molar-refractivity contribution in [1.82, 2.24) is 19.4 Å². The summed E-state index contributed by atoms with van der Waals surface area (Å²) in [5, 5.41) is 25.2. The van der Waals surface area contributed by atoms with Gasteiger partial charge in [0.1, 0.15) is 46.7 Å². The van der Waals surface area contributed by atoms with E-state index in [0.717, 1.165) is 52.8 Å². The summed E-state index contributed by atoms with van der Waals surface area (Å²) in [6.45, 7) is 24.4. The van der Waals surface area contributed by atoms with Crippen molar-refractivity contribution in [2.45, 2.75) is 163 Å². The number of carbonyl (C=O) groups is 2. The van der Waals surface area contributed by atoms with E-state index in [0.29, 0.717) is 5.69 Å². The van der Waals surface area contributed by atoms with E-state index in [4.69, 9.17) is 15.2 Å². The Morgan fingerprint density at radius 1 is 0.535 bits per heavy atom. The molecule has 0 spiro atoms. The van der Waals surface area contributed by atoms with Crippen LogP contribution < -0.4 is 91.2 Å². The molecule has 4 heterocycles. The Bertz CT molecular complexity index is 4110. The third kappa shape index (κ3) is 20.8. The number of amides is 2. The number of pyridine rings is 2. The largest absolute Gasteiger partial charge is 1.00 e. The number of rotatable bonds is 16. The van der Waals surface area contributed by atoms with Gasteiger partial charge in [0.25, 0.3) is 11.8 Å².